The van der Waals surface area contributed by atoms with Crippen molar-refractivity contribution in [2.24, 2.45) is 5.92 Å². The van der Waals surface area contributed by atoms with E-state index in [-0.39, 0.29) is 17.2 Å². The Morgan fingerprint density at radius 2 is 1.67 bits per heavy atom. The van der Waals surface area contributed by atoms with Crippen molar-refractivity contribution in [3.63, 3.8) is 0 Å². The van der Waals surface area contributed by atoms with Gasteiger partial charge in [-0.05, 0) is 60.9 Å². The maximum atomic E-state index is 13.5. The number of nitrogens with zero attached hydrogens (tertiary/aromatic N) is 3. The Morgan fingerprint density at radius 3 is 2.27 bits per heavy atom. The summed E-state index contributed by atoms with van der Waals surface area (Å²) >= 11 is 0. The van der Waals surface area contributed by atoms with Crippen LogP contribution < -0.4 is 14.5 Å². The molecule has 176 valence electrons. The van der Waals surface area contributed by atoms with Gasteiger partial charge in [0.15, 0.2) is 0 Å². The highest BCUT2D eigenvalue weighted by atomic mass is 32.2. The van der Waals surface area contributed by atoms with Crippen LogP contribution in [0.15, 0.2) is 47.4 Å². The molecule has 0 aromatic heterocycles. The minimum absolute atomic E-state index is 0.136. The quantitative estimate of drug-likeness (QED) is 0.672. The van der Waals surface area contributed by atoms with Gasteiger partial charge in [0.2, 0.25) is 15.9 Å². The van der Waals surface area contributed by atoms with Gasteiger partial charge in [0, 0.05) is 55.4 Å². The Kier molecular flexibility index (Phi) is 5.40. The average Bonchev–Trinajstić information content (AvgIpc) is 3.64. The number of carbonyl (C=O) groups is 1. The monoisotopic (exact) mass is 469 g/mol. The lowest BCUT2D eigenvalue weighted by Crippen LogP contribution is -2.48. The normalized spacial score (nSPS) is 20.6. The molecule has 1 aliphatic carbocycles. The van der Waals surface area contributed by atoms with Gasteiger partial charge in [-0.2, -0.15) is 4.31 Å². The standard InChI is InChI=1S/C25H31N3O4S/c1-25(2)17-28(24(29)18-4-5-18)23-11-10-21(16-22(23)25)33(30,31)27-14-12-26(13-15-27)19-6-8-20(32-3)9-7-19/h6-11,16,18H,4-5,12-15,17H2,1-3H3. The summed E-state index contributed by atoms with van der Waals surface area (Å²) in [6.45, 7) is 6.88. The molecule has 33 heavy (non-hydrogen) atoms. The van der Waals surface area contributed by atoms with Gasteiger partial charge in [0.05, 0.1) is 12.0 Å². The first-order chi connectivity index (χ1) is 15.7. The minimum atomic E-state index is -3.61. The van der Waals surface area contributed by atoms with Gasteiger partial charge in [0.25, 0.3) is 0 Å². The summed E-state index contributed by atoms with van der Waals surface area (Å²) in [4.78, 5) is 17.1. The molecular formula is C25H31N3O4S. The SMILES string of the molecule is COc1ccc(N2CCN(S(=O)(=O)c3ccc4c(c3)C(C)(C)CN4C(=O)C3CC3)CC2)cc1. The van der Waals surface area contributed by atoms with E-state index >= 15 is 0 Å². The van der Waals surface area contributed by atoms with Crippen LogP contribution in [0.3, 0.4) is 0 Å². The summed E-state index contributed by atoms with van der Waals surface area (Å²) in [6, 6.07) is 13.1. The van der Waals surface area contributed by atoms with E-state index < -0.39 is 10.0 Å². The number of anilines is 2. The van der Waals surface area contributed by atoms with Crippen LogP contribution in [0.5, 0.6) is 5.75 Å². The van der Waals surface area contributed by atoms with Gasteiger partial charge in [-0.1, -0.05) is 13.8 Å². The summed E-state index contributed by atoms with van der Waals surface area (Å²) in [5, 5.41) is 0. The zero-order valence-electron chi connectivity index (χ0n) is 19.5. The van der Waals surface area contributed by atoms with Crippen molar-refractivity contribution in [2.45, 2.75) is 37.0 Å². The van der Waals surface area contributed by atoms with E-state index in [1.807, 2.05) is 35.2 Å². The Hall–Kier alpha value is -2.58. The molecule has 1 saturated carbocycles. The van der Waals surface area contributed by atoms with Gasteiger partial charge in [-0.25, -0.2) is 8.42 Å². The van der Waals surface area contributed by atoms with Crippen LogP contribution >= 0.6 is 0 Å². The molecule has 2 fully saturated rings. The lowest BCUT2D eigenvalue weighted by atomic mass is 9.87. The van der Waals surface area contributed by atoms with Crippen LogP contribution in [0.1, 0.15) is 32.3 Å². The third-order valence-electron chi connectivity index (χ3n) is 7.05. The fourth-order valence-corrected chi connectivity index (χ4v) is 6.34. The molecule has 5 rings (SSSR count). The van der Waals surface area contributed by atoms with E-state index in [1.54, 1.807) is 23.5 Å². The number of rotatable bonds is 5. The molecule has 0 N–H and O–H groups in total. The largest absolute Gasteiger partial charge is 0.497 e. The summed E-state index contributed by atoms with van der Waals surface area (Å²) in [5.74, 6) is 1.11. The number of piperazine rings is 1. The molecule has 2 aliphatic heterocycles. The van der Waals surface area contributed by atoms with Crippen molar-refractivity contribution in [2.75, 3.05) is 49.6 Å². The molecule has 8 heteroatoms. The van der Waals surface area contributed by atoms with E-state index in [2.05, 4.69) is 18.7 Å². The Labute approximate surface area is 196 Å². The Morgan fingerprint density at radius 1 is 1.00 bits per heavy atom. The van der Waals surface area contributed by atoms with Crippen molar-refractivity contribution in [3.8, 4) is 5.75 Å². The number of ether oxygens (including phenoxy) is 1. The van der Waals surface area contributed by atoms with Gasteiger partial charge in [-0.3, -0.25) is 4.79 Å². The third kappa shape index (κ3) is 3.99. The van der Waals surface area contributed by atoms with Crippen molar-refractivity contribution in [3.05, 3.63) is 48.0 Å². The molecule has 0 bridgehead atoms. The molecule has 2 aromatic carbocycles. The maximum absolute atomic E-state index is 13.5. The molecule has 3 aliphatic rings. The van der Waals surface area contributed by atoms with Crippen molar-refractivity contribution >= 4 is 27.3 Å². The predicted octanol–water partition coefficient (Wildman–Crippen LogP) is 3.24. The number of sulfonamides is 1. The number of methoxy groups -OCH3 is 1. The fourth-order valence-electron chi connectivity index (χ4n) is 4.89. The molecule has 1 amide bonds. The molecule has 0 atom stereocenters. The zero-order valence-corrected chi connectivity index (χ0v) is 20.3. The van der Waals surface area contributed by atoms with E-state index in [4.69, 9.17) is 4.74 Å². The highest BCUT2D eigenvalue weighted by molar-refractivity contribution is 7.89. The topological polar surface area (TPSA) is 70.2 Å². The van der Waals surface area contributed by atoms with Crippen molar-refractivity contribution in [1.29, 1.82) is 0 Å². The number of amides is 1. The molecule has 2 heterocycles. The van der Waals surface area contributed by atoms with Crippen LogP contribution in [0.25, 0.3) is 0 Å². The van der Waals surface area contributed by atoms with Crippen LogP contribution in [0.2, 0.25) is 0 Å². The second-order valence-electron chi connectivity index (χ2n) is 9.85. The van der Waals surface area contributed by atoms with Gasteiger partial charge >= 0.3 is 0 Å². The highest BCUT2D eigenvalue weighted by Gasteiger charge is 2.43. The lowest BCUT2D eigenvalue weighted by molar-refractivity contribution is -0.119. The maximum Gasteiger partial charge on any atom is 0.243 e. The average molecular weight is 470 g/mol. The van der Waals surface area contributed by atoms with E-state index in [0.29, 0.717) is 37.6 Å². The molecule has 7 nitrogen and oxygen atoms in total. The van der Waals surface area contributed by atoms with E-state index in [9.17, 15) is 13.2 Å². The number of carbonyl (C=O) groups excluding carboxylic acids is 1. The van der Waals surface area contributed by atoms with Crippen molar-refractivity contribution in [1.82, 2.24) is 4.31 Å². The van der Waals surface area contributed by atoms with E-state index in [1.165, 1.54) is 0 Å². The Balaban J connectivity index is 1.34. The predicted molar refractivity (Wildman–Crippen MR) is 129 cm³/mol. The molecule has 2 aromatic rings. The van der Waals surface area contributed by atoms with E-state index in [0.717, 1.165) is 35.5 Å². The van der Waals surface area contributed by atoms with Crippen LogP contribution in [-0.4, -0.2) is 58.5 Å². The minimum Gasteiger partial charge on any atom is -0.497 e. The fraction of sp³-hybridized carbons (Fsp3) is 0.480. The van der Waals surface area contributed by atoms with Crippen LogP contribution in [-0.2, 0) is 20.2 Å². The summed E-state index contributed by atoms with van der Waals surface area (Å²) in [6.07, 6.45) is 1.92. The summed E-state index contributed by atoms with van der Waals surface area (Å²) in [5.41, 5.74) is 2.58. The second-order valence-corrected chi connectivity index (χ2v) is 11.8. The van der Waals surface area contributed by atoms with Gasteiger partial charge in [-0.15, -0.1) is 0 Å². The van der Waals surface area contributed by atoms with Gasteiger partial charge < -0.3 is 14.5 Å². The highest BCUT2D eigenvalue weighted by Crippen LogP contribution is 2.44. The molecule has 0 radical (unpaired) electrons. The third-order valence-corrected chi connectivity index (χ3v) is 8.94. The number of benzene rings is 2. The number of fused-ring (bicyclic) bond motifs is 1. The van der Waals surface area contributed by atoms with Crippen LogP contribution in [0.4, 0.5) is 11.4 Å². The van der Waals surface area contributed by atoms with Crippen LogP contribution in [0, 0.1) is 5.92 Å². The Bertz CT molecular complexity index is 1160. The molecule has 0 unspecified atom stereocenters. The smallest absolute Gasteiger partial charge is 0.243 e. The molecule has 1 saturated heterocycles. The van der Waals surface area contributed by atoms with Crippen molar-refractivity contribution < 1.29 is 17.9 Å². The number of hydrogen-bond acceptors (Lipinski definition) is 5. The van der Waals surface area contributed by atoms with Gasteiger partial charge in [0.1, 0.15) is 5.75 Å². The second kappa shape index (κ2) is 8.02. The number of hydrogen-bond donors (Lipinski definition) is 0. The molecule has 0 spiro atoms. The first kappa shape index (κ1) is 22.2. The first-order valence-electron chi connectivity index (χ1n) is 11.6. The summed E-state index contributed by atoms with van der Waals surface area (Å²) in [7, 11) is -1.97. The molecular weight excluding hydrogens is 438 g/mol. The lowest BCUT2D eigenvalue weighted by Gasteiger charge is -2.35. The first-order valence-corrected chi connectivity index (χ1v) is 13.0. The summed E-state index contributed by atoms with van der Waals surface area (Å²) < 4.78 is 33.7. The zero-order chi connectivity index (χ0) is 23.4.